The summed E-state index contributed by atoms with van der Waals surface area (Å²) in [6, 6.07) is 6.79. The third kappa shape index (κ3) is 5.19. The second-order valence-electron chi connectivity index (χ2n) is 4.87. The summed E-state index contributed by atoms with van der Waals surface area (Å²) in [4.78, 5) is 11.7. The van der Waals surface area contributed by atoms with E-state index in [2.05, 4.69) is 4.72 Å². The minimum Gasteiger partial charge on any atom is -0.494 e. The SMILES string of the molecule is CCOc1ccc(OCC(CC)(NS(C)(=O)=O)C(N)=O)cc1. The van der Waals surface area contributed by atoms with Gasteiger partial charge in [0, 0.05) is 0 Å². The number of ether oxygens (including phenoxy) is 2. The number of sulfonamides is 1. The van der Waals surface area contributed by atoms with E-state index in [0.29, 0.717) is 18.1 Å². The Morgan fingerprint density at radius 1 is 1.18 bits per heavy atom. The van der Waals surface area contributed by atoms with Crippen LogP contribution in [0.3, 0.4) is 0 Å². The molecule has 0 saturated carbocycles. The third-order valence-electron chi connectivity index (χ3n) is 3.08. The van der Waals surface area contributed by atoms with Gasteiger partial charge >= 0.3 is 0 Å². The molecule has 0 radical (unpaired) electrons. The highest BCUT2D eigenvalue weighted by molar-refractivity contribution is 7.88. The van der Waals surface area contributed by atoms with Crippen molar-refractivity contribution in [2.24, 2.45) is 5.73 Å². The molecule has 7 nitrogen and oxygen atoms in total. The quantitative estimate of drug-likeness (QED) is 0.691. The molecule has 22 heavy (non-hydrogen) atoms. The Bertz CT molecular complexity index is 600. The Kier molecular flexibility index (Phi) is 6.19. The lowest BCUT2D eigenvalue weighted by molar-refractivity contribution is -0.125. The smallest absolute Gasteiger partial charge is 0.242 e. The fourth-order valence-electron chi connectivity index (χ4n) is 1.86. The summed E-state index contributed by atoms with van der Waals surface area (Å²) >= 11 is 0. The summed E-state index contributed by atoms with van der Waals surface area (Å²) < 4.78 is 36.0. The van der Waals surface area contributed by atoms with Gasteiger partial charge in [-0.2, -0.15) is 4.72 Å². The number of amides is 1. The zero-order chi connectivity index (χ0) is 16.8. The van der Waals surface area contributed by atoms with E-state index >= 15 is 0 Å². The zero-order valence-electron chi connectivity index (χ0n) is 13.0. The fourth-order valence-corrected chi connectivity index (χ4v) is 2.87. The van der Waals surface area contributed by atoms with Gasteiger partial charge in [0.15, 0.2) is 0 Å². The zero-order valence-corrected chi connectivity index (χ0v) is 13.8. The van der Waals surface area contributed by atoms with E-state index in [9.17, 15) is 13.2 Å². The first-order valence-electron chi connectivity index (χ1n) is 6.87. The Balaban J connectivity index is 2.85. The van der Waals surface area contributed by atoms with E-state index < -0.39 is 21.5 Å². The summed E-state index contributed by atoms with van der Waals surface area (Å²) in [6.45, 7) is 3.90. The second kappa shape index (κ2) is 7.46. The summed E-state index contributed by atoms with van der Waals surface area (Å²) in [7, 11) is -3.61. The number of nitrogens with one attached hydrogen (secondary N) is 1. The molecule has 1 amide bonds. The molecule has 3 N–H and O–H groups in total. The largest absolute Gasteiger partial charge is 0.494 e. The molecule has 1 atom stereocenters. The van der Waals surface area contributed by atoms with Crippen molar-refractivity contribution in [2.45, 2.75) is 25.8 Å². The predicted octanol–water partition coefficient (Wildman–Crippen LogP) is 0.647. The van der Waals surface area contributed by atoms with Crippen molar-refractivity contribution in [3.05, 3.63) is 24.3 Å². The minimum atomic E-state index is -3.61. The normalized spacial score (nSPS) is 14.1. The Morgan fingerprint density at radius 3 is 2.05 bits per heavy atom. The number of benzene rings is 1. The van der Waals surface area contributed by atoms with Crippen LogP contribution in [0.5, 0.6) is 11.5 Å². The van der Waals surface area contributed by atoms with Crippen LogP contribution in [0.25, 0.3) is 0 Å². The highest BCUT2D eigenvalue weighted by Gasteiger charge is 2.38. The topological polar surface area (TPSA) is 108 Å². The first kappa shape index (κ1) is 18.2. The maximum atomic E-state index is 11.7. The number of primary amides is 1. The molecule has 0 aromatic heterocycles. The molecular formula is C14H22N2O5S. The highest BCUT2D eigenvalue weighted by Crippen LogP contribution is 2.20. The van der Waals surface area contributed by atoms with Gasteiger partial charge in [-0.05, 0) is 37.6 Å². The molecule has 0 spiro atoms. The second-order valence-corrected chi connectivity index (χ2v) is 6.62. The molecule has 124 valence electrons. The molecule has 1 rings (SSSR count). The van der Waals surface area contributed by atoms with E-state index in [1.807, 2.05) is 6.92 Å². The number of carbonyl (C=O) groups excluding carboxylic acids is 1. The van der Waals surface area contributed by atoms with Crippen molar-refractivity contribution in [3.8, 4) is 11.5 Å². The van der Waals surface area contributed by atoms with Crippen molar-refractivity contribution in [1.82, 2.24) is 4.72 Å². The average Bonchev–Trinajstić information content (AvgIpc) is 2.44. The lowest BCUT2D eigenvalue weighted by Crippen LogP contribution is -2.60. The molecule has 8 heteroatoms. The third-order valence-corrected chi connectivity index (χ3v) is 3.84. The number of hydrogen-bond acceptors (Lipinski definition) is 5. The van der Waals surface area contributed by atoms with Gasteiger partial charge in [0.1, 0.15) is 23.6 Å². The van der Waals surface area contributed by atoms with E-state index in [1.54, 1.807) is 31.2 Å². The van der Waals surface area contributed by atoms with E-state index in [0.717, 1.165) is 6.26 Å². The maximum Gasteiger partial charge on any atom is 0.242 e. The van der Waals surface area contributed by atoms with Gasteiger partial charge in [-0.3, -0.25) is 4.79 Å². The number of hydrogen-bond donors (Lipinski definition) is 2. The van der Waals surface area contributed by atoms with Crippen LogP contribution in [0.15, 0.2) is 24.3 Å². The van der Waals surface area contributed by atoms with Gasteiger partial charge in [0.05, 0.1) is 12.9 Å². The lowest BCUT2D eigenvalue weighted by Gasteiger charge is -2.29. The fraction of sp³-hybridized carbons (Fsp3) is 0.500. The monoisotopic (exact) mass is 330 g/mol. The summed E-state index contributed by atoms with van der Waals surface area (Å²) in [5.74, 6) is 0.393. The Hall–Kier alpha value is -1.80. The molecule has 0 aliphatic carbocycles. The molecule has 0 aliphatic heterocycles. The first-order valence-corrected chi connectivity index (χ1v) is 8.76. The van der Waals surface area contributed by atoms with Crippen molar-refractivity contribution in [3.63, 3.8) is 0 Å². The van der Waals surface area contributed by atoms with Crippen LogP contribution in [-0.2, 0) is 14.8 Å². The van der Waals surface area contributed by atoms with Crippen molar-refractivity contribution >= 4 is 15.9 Å². The molecule has 0 saturated heterocycles. The Labute approximate surface area is 130 Å². The minimum absolute atomic E-state index is 0.173. The number of rotatable bonds is 9. The number of carbonyl (C=O) groups is 1. The predicted molar refractivity (Wildman–Crippen MR) is 83.3 cm³/mol. The van der Waals surface area contributed by atoms with Crippen LogP contribution >= 0.6 is 0 Å². The van der Waals surface area contributed by atoms with Gasteiger partial charge in [-0.15, -0.1) is 0 Å². The molecule has 1 aromatic carbocycles. The summed E-state index contributed by atoms with van der Waals surface area (Å²) in [5.41, 5.74) is 3.87. The standard InChI is InChI=1S/C14H22N2O5S/c1-4-14(13(15)17,16-22(3,18)19)10-21-12-8-6-11(7-9-12)20-5-2/h6-9,16H,4-5,10H2,1-3H3,(H2,15,17). The van der Waals surface area contributed by atoms with Crippen LogP contribution in [0.1, 0.15) is 20.3 Å². The van der Waals surface area contributed by atoms with E-state index in [-0.39, 0.29) is 13.0 Å². The van der Waals surface area contributed by atoms with E-state index in [4.69, 9.17) is 15.2 Å². The van der Waals surface area contributed by atoms with Gasteiger partial charge in [0.2, 0.25) is 15.9 Å². The lowest BCUT2D eigenvalue weighted by atomic mass is 9.98. The van der Waals surface area contributed by atoms with Crippen molar-refractivity contribution in [2.75, 3.05) is 19.5 Å². The van der Waals surface area contributed by atoms with Crippen molar-refractivity contribution in [1.29, 1.82) is 0 Å². The molecule has 0 aliphatic rings. The van der Waals surface area contributed by atoms with Gasteiger partial charge in [0.25, 0.3) is 0 Å². The molecule has 0 heterocycles. The van der Waals surface area contributed by atoms with Gasteiger partial charge in [-0.1, -0.05) is 6.92 Å². The van der Waals surface area contributed by atoms with Crippen molar-refractivity contribution < 1.29 is 22.7 Å². The van der Waals surface area contributed by atoms with Crippen LogP contribution in [0.2, 0.25) is 0 Å². The highest BCUT2D eigenvalue weighted by atomic mass is 32.2. The van der Waals surface area contributed by atoms with Gasteiger partial charge in [-0.25, -0.2) is 8.42 Å². The van der Waals surface area contributed by atoms with Crippen LogP contribution < -0.4 is 19.9 Å². The molecule has 0 fully saturated rings. The average molecular weight is 330 g/mol. The molecular weight excluding hydrogens is 308 g/mol. The number of nitrogens with two attached hydrogens (primary N) is 1. The maximum absolute atomic E-state index is 11.7. The molecule has 0 bridgehead atoms. The van der Waals surface area contributed by atoms with Gasteiger partial charge < -0.3 is 15.2 Å². The summed E-state index contributed by atoms with van der Waals surface area (Å²) in [6.07, 6.45) is 1.14. The van der Waals surface area contributed by atoms with E-state index in [1.165, 1.54) is 0 Å². The van der Waals surface area contributed by atoms with Crippen LogP contribution in [0.4, 0.5) is 0 Å². The van der Waals surface area contributed by atoms with Crippen LogP contribution in [-0.4, -0.2) is 39.3 Å². The van der Waals surface area contributed by atoms with Crippen LogP contribution in [0, 0.1) is 0 Å². The first-order chi connectivity index (χ1) is 10.2. The Morgan fingerprint density at radius 2 is 1.68 bits per heavy atom. The molecule has 1 unspecified atom stereocenters. The molecule has 1 aromatic rings. The summed E-state index contributed by atoms with van der Waals surface area (Å²) in [5, 5.41) is 0.